The Bertz CT molecular complexity index is 1840. The van der Waals surface area contributed by atoms with Crippen molar-refractivity contribution in [3.8, 4) is 0 Å². The van der Waals surface area contributed by atoms with Gasteiger partial charge in [-0.1, -0.05) is 0 Å². The smallest absolute Gasteiger partial charge is 0.410 e. The van der Waals surface area contributed by atoms with Gasteiger partial charge in [-0.05, 0) is 119 Å². The highest BCUT2D eigenvalue weighted by Crippen LogP contribution is 2.46. The molecule has 0 bridgehead atoms. The van der Waals surface area contributed by atoms with E-state index in [1.807, 2.05) is 55.4 Å². The summed E-state index contributed by atoms with van der Waals surface area (Å²) in [7, 11) is 1.43. The molecule has 342 valence electrons. The third kappa shape index (κ3) is 11.9. The van der Waals surface area contributed by atoms with E-state index >= 15 is 0 Å². The molecule has 0 saturated carbocycles. The lowest BCUT2D eigenvalue weighted by Crippen LogP contribution is -2.39. The molecule has 0 aromatic carbocycles. The van der Waals surface area contributed by atoms with Crippen molar-refractivity contribution in [2.75, 3.05) is 82.6 Å². The molecule has 1 N–H and O–H groups in total. The van der Waals surface area contributed by atoms with Crippen LogP contribution in [0.25, 0.3) is 0 Å². The van der Waals surface area contributed by atoms with Gasteiger partial charge in [-0.3, -0.25) is 0 Å². The highest BCUT2D eigenvalue weighted by Gasteiger charge is 2.38. The average Bonchev–Trinajstić information content (AvgIpc) is 4.02. The van der Waals surface area contributed by atoms with Gasteiger partial charge in [0.25, 0.3) is 0 Å². The van der Waals surface area contributed by atoms with Crippen LogP contribution in [0, 0.1) is 13.8 Å². The second-order valence-corrected chi connectivity index (χ2v) is 20.5. The maximum absolute atomic E-state index is 12.8. The van der Waals surface area contributed by atoms with Crippen LogP contribution in [-0.2, 0) is 23.7 Å². The van der Waals surface area contributed by atoms with Crippen LogP contribution in [0.3, 0.4) is 0 Å². The lowest BCUT2D eigenvalue weighted by Gasteiger charge is -2.34. The Morgan fingerprint density at radius 1 is 0.672 bits per heavy atom. The molecule has 4 aliphatic rings. The van der Waals surface area contributed by atoms with E-state index in [1.165, 1.54) is 7.11 Å². The highest BCUT2D eigenvalue weighted by molar-refractivity contribution is 7.17. The minimum atomic E-state index is -0.885. The van der Waals surface area contributed by atoms with E-state index in [2.05, 4.69) is 23.6 Å². The lowest BCUT2D eigenvalue weighted by atomic mass is 10.00. The fourth-order valence-electron chi connectivity index (χ4n) is 8.85. The monoisotopic (exact) mass is 890 g/mol. The van der Waals surface area contributed by atoms with Gasteiger partial charge in [0.2, 0.25) is 0 Å². The first-order valence-electron chi connectivity index (χ1n) is 22.0. The molecule has 0 aliphatic carbocycles. The number of carboxylic acids is 1. The van der Waals surface area contributed by atoms with Gasteiger partial charge >= 0.3 is 24.1 Å². The number of thiophene rings is 2. The van der Waals surface area contributed by atoms with E-state index in [9.17, 15) is 24.3 Å². The van der Waals surface area contributed by atoms with Crippen molar-refractivity contribution in [1.29, 1.82) is 0 Å². The van der Waals surface area contributed by atoms with Crippen molar-refractivity contribution in [2.45, 2.75) is 143 Å². The molecular weight excluding hydrogens is 821 g/mol. The first-order valence-corrected chi connectivity index (χ1v) is 23.6. The van der Waals surface area contributed by atoms with E-state index < -0.39 is 17.2 Å². The van der Waals surface area contributed by atoms with Crippen molar-refractivity contribution in [1.82, 2.24) is 9.80 Å². The van der Waals surface area contributed by atoms with Gasteiger partial charge < -0.3 is 48.4 Å². The topological polar surface area (TPSA) is 148 Å². The summed E-state index contributed by atoms with van der Waals surface area (Å²) in [6.07, 6.45) is 4.84. The SMILES string of the molecule is CCN(c1sc(C2CCN(C(=O)OC(C)(C)C)C2)c(C(=O)O)c1C)C1CCOCC1.CCN(c1sc(C2CCN(C(=O)OC(C)(C)C)C2)c(C(=O)OC)c1C)C1CCOCC1. The average molecular weight is 891 g/mol. The molecule has 6 heterocycles. The van der Waals surface area contributed by atoms with Gasteiger partial charge in [0.05, 0.1) is 28.2 Å². The number of esters is 1. The fraction of sp³-hybridized carbons (Fsp3) is 0.733. The minimum absolute atomic E-state index is 0.0227. The van der Waals surface area contributed by atoms with Crippen LogP contribution < -0.4 is 9.80 Å². The van der Waals surface area contributed by atoms with Crippen molar-refractivity contribution in [2.24, 2.45) is 0 Å². The van der Waals surface area contributed by atoms with Crippen molar-refractivity contribution < 1.29 is 48.0 Å². The first-order chi connectivity index (χ1) is 28.8. The number of aromatic carboxylic acids is 1. The number of methoxy groups -OCH3 is 1. The largest absolute Gasteiger partial charge is 0.478 e. The molecule has 0 radical (unpaired) electrons. The summed E-state index contributed by atoms with van der Waals surface area (Å²) in [5, 5.41) is 12.2. The summed E-state index contributed by atoms with van der Waals surface area (Å²) in [4.78, 5) is 60.0. The maximum atomic E-state index is 12.8. The third-order valence-electron chi connectivity index (χ3n) is 11.8. The predicted octanol–water partition coefficient (Wildman–Crippen LogP) is 9.06. The maximum Gasteiger partial charge on any atom is 0.410 e. The molecule has 14 nitrogen and oxygen atoms in total. The van der Waals surface area contributed by atoms with Crippen LogP contribution in [0.2, 0.25) is 0 Å². The number of nitrogens with zero attached hydrogens (tertiary/aromatic N) is 4. The zero-order chi connectivity index (χ0) is 44.8. The number of anilines is 2. The Morgan fingerprint density at radius 2 is 1.05 bits per heavy atom. The summed E-state index contributed by atoms with van der Waals surface area (Å²) in [6.45, 7) is 26.4. The third-order valence-corrected chi connectivity index (χ3v) is 14.8. The number of ether oxygens (including phenoxy) is 5. The van der Waals surface area contributed by atoms with Gasteiger partial charge in [0.15, 0.2) is 0 Å². The van der Waals surface area contributed by atoms with Gasteiger partial charge in [-0.15, -0.1) is 22.7 Å². The fourth-order valence-corrected chi connectivity index (χ4v) is 12.0. The lowest BCUT2D eigenvalue weighted by molar-refractivity contribution is 0.0282. The first kappa shape index (κ1) is 48.4. The molecule has 6 rings (SSSR count). The van der Waals surface area contributed by atoms with E-state index in [1.54, 1.807) is 32.5 Å². The zero-order valence-electron chi connectivity index (χ0n) is 38.3. The number of likely N-dealkylation sites (tertiary alicyclic amines) is 2. The van der Waals surface area contributed by atoms with E-state index in [4.69, 9.17) is 23.7 Å². The molecule has 2 unspecified atom stereocenters. The Hall–Kier alpha value is -3.60. The van der Waals surface area contributed by atoms with E-state index in [0.717, 1.165) is 109 Å². The number of carboxylic acid groups (broad SMARTS) is 1. The molecule has 2 aromatic rings. The molecule has 0 spiro atoms. The highest BCUT2D eigenvalue weighted by atomic mass is 32.1. The second kappa shape index (κ2) is 20.7. The van der Waals surface area contributed by atoms with Crippen LogP contribution in [-0.4, -0.2) is 135 Å². The van der Waals surface area contributed by atoms with Crippen LogP contribution in [0.1, 0.15) is 147 Å². The number of amides is 2. The molecule has 4 fully saturated rings. The molecule has 61 heavy (non-hydrogen) atoms. The Kier molecular flexibility index (Phi) is 16.5. The zero-order valence-corrected chi connectivity index (χ0v) is 40.0. The number of carbonyl (C=O) groups is 4. The quantitative estimate of drug-likeness (QED) is 0.179. The van der Waals surface area contributed by atoms with Crippen molar-refractivity contribution in [3.63, 3.8) is 0 Å². The molecule has 16 heteroatoms. The number of hydrogen-bond donors (Lipinski definition) is 1. The Labute approximate surface area is 370 Å². The Morgan fingerprint density at radius 3 is 1.39 bits per heavy atom. The van der Waals surface area contributed by atoms with Crippen molar-refractivity contribution in [3.05, 3.63) is 32.0 Å². The minimum Gasteiger partial charge on any atom is -0.478 e. The van der Waals surface area contributed by atoms with Crippen LogP contribution in [0.5, 0.6) is 0 Å². The van der Waals surface area contributed by atoms with Crippen LogP contribution in [0.4, 0.5) is 19.6 Å². The van der Waals surface area contributed by atoms with Crippen LogP contribution >= 0.6 is 22.7 Å². The molecule has 2 atom stereocenters. The van der Waals surface area contributed by atoms with Gasteiger partial charge in [-0.25, -0.2) is 19.2 Å². The summed E-state index contributed by atoms with van der Waals surface area (Å²) >= 11 is 3.28. The van der Waals surface area contributed by atoms with Crippen molar-refractivity contribution >= 4 is 56.8 Å². The standard InChI is InChI=1S/C23H36N2O5S.C22H34N2O5S/c1-7-25(17-9-12-29-13-10-17)20-15(2)18(21(26)28-6)19(31-20)16-8-11-24(14-16)22(27)30-23(3,4)5;1-6-24(16-8-11-28-12-9-16)19-14(2)17(20(25)26)18(30-19)15-7-10-23(13-15)21(27)29-22(3,4)5/h16-17H,7-14H2,1-6H3;15-16H,6-13H2,1-5H3,(H,25,26). The molecule has 2 aromatic heterocycles. The number of carbonyl (C=O) groups excluding carboxylic acids is 3. The second-order valence-electron chi connectivity index (χ2n) is 18.4. The predicted molar refractivity (Wildman–Crippen MR) is 240 cm³/mol. The van der Waals surface area contributed by atoms with Gasteiger partial charge in [0, 0.05) is 99.4 Å². The number of rotatable bonds is 10. The normalized spacial score (nSPS) is 20.2. The molecule has 4 saturated heterocycles. The number of hydrogen-bond acceptors (Lipinski definition) is 13. The van der Waals surface area contributed by atoms with Gasteiger partial charge in [-0.2, -0.15) is 0 Å². The molecular formula is C45H70N4O10S2. The molecule has 2 amide bonds. The summed E-state index contributed by atoms with van der Waals surface area (Å²) in [6, 6.07) is 0.786. The van der Waals surface area contributed by atoms with Gasteiger partial charge in [0.1, 0.15) is 11.2 Å². The Balaban J connectivity index is 0.000000231. The summed E-state index contributed by atoms with van der Waals surface area (Å²) < 4.78 is 27.3. The summed E-state index contributed by atoms with van der Waals surface area (Å²) in [5.41, 5.74) is 1.84. The van der Waals surface area contributed by atoms with E-state index in [-0.39, 0.29) is 30.0 Å². The summed E-state index contributed by atoms with van der Waals surface area (Å²) in [5.74, 6) is -1.06. The molecule has 4 aliphatic heterocycles. The van der Waals surface area contributed by atoms with Crippen LogP contribution in [0.15, 0.2) is 0 Å². The van der Waals surface area contributed by atoms with E-state index in [0.29, 0.717) is 49.4 Å².